The van der Waals surface area contributed by atoms with E-state index in [9.17, 15) is 0 Å². The summed E-state index contributed by atoms with van der Waals surface area (Å²) < 4.78 is 5.33. The van der Waals surface area contributed by atoms with Crippen molar-refractivity contribution >= 4 is 0 Å². The van der Waals surface area contributed by atoms with E-state index in [4.69, 9.17) is 10.5 Å². The molecule has 2 fully saturated rings. The fourth-order valence-corrected chi connectivity index (χ4v) is 2.39. The van der Waals surface area contributed by atoms with E-state index in [-0.39, 0.29) is 0 Å². The van der Waals surface area contributed by atoms with Gasteiger partial charge < -0.3 is 10.5 Å². The van der Waals surface area contributed by atoms with Crippen molar-refractivity contribution in [1.82, 2.24) is 0 Å². The number of hydrogen-bond acceptors (Lipinski definition) is 2. The van der Waals surface area contributed by atoms with Gasteiger partial charge in [0.05, 0.1) is 6.10 Å². The average molecular weight is 141 g/mol. The van der Waals surface area contributed by atoms with Crippen molar-refractivity contribution in [3.8, 4) is 0 Å². The zero-order valence-corrected chi connectivity index (χ0v) is 6.47. The van der Waals surface area contributed by atoms with E-state index in [2.05, 4.69) is 0 Å². The zero-order valence-electron chi connectivity index (χ0n) is 6.47. The summed E-state index contributed by atoms with van der Waals surface area (Å²) >= 11 is 0. The summed E-state index contributed by atoms with van der Waals surface area (Å²) in [6.45, 7) is 0. The van der Waals surface area contributed by atoms with Gasteiger partial charge in [0.2, 0.25) is 0 Å². The van der Waals surface area contributed by atoms with Crippen LogP contribution in [0.4, 0.5) is 0 Å². The van der Waals surface area contributed by atoms with Gasteiger partial charge in [0, 0.05) is 18.6 Å². The van der Waals surface area contributed by atoms with E-state index in [0.717, 1.165) is 6.42 Å². The predicted molar refractivity (Wildman–Crippen MR) is 39.7 cm³/mol. The van der Waals surface area contributed by atoms with E-state index in [1.165, 1.54) is 19.3 Å². The topological polar surface area (TPSA) is 35.2 Å². The van der Waals surface area contributed by atoms with E-state index in [1.807, 2.05) is 0 Å². The Morgan fingerprint density at radius 2 is 2.20 bits per heavy atom. The lowest BCUT2D eigenvalue weighted by atomic mass is 9.51. The van der Waals surface area contributed by atoms with Crippen LogP contribution in [0.5, 0.6) is 0 Å². The minimum absolute atomic E-state index is 0.425. The van der Waals surface area contributed by atoms with E-state index in [1.54, 1.807) is 7.11 Å². The summed E-state index contributed by atoms with van der Waals surface area (Å²) in [6, 6.07) is 0.436. The molecular weight excluding hydrogens is 126 g/mol. The standard InChI is InChI=1S/C8H15NO/c1-10-7-5-6(9)8(7)3-2-4-8/h6-7H,2-5,9H2,1H3. The van der Waals surface area contributed by atoms with Gasteiger partial charge in [-0.1, -0.05) is 6.42 Å². The predicted octanol–water partition coefficient (Wildman–Crippen LogP) is 0.903. The van der Waals surface area contributed by atoms with Gasteiger partial charge >= 0.3 is 0 Å². The van der Waals surface area contributed by atoms with Crippen LogP contribution in [0, 0.1) is 5.41 Å². The molecule has 10 heavy (non-hydrogen) atoms. The summed E-state index contributed by atoms with van der Waals surface area (Å²) in [5, 5.41) is 0. The first-order valence-electron chi connectivity index (χ1n) is 4.08. The largest absolute Gasteiger partial charge is 0.381 e. The van der Waals surface area contributed by atoms with Gasteiger partial charge in [0.15, 0.2) is 0 Å². The highest BCUT2D eigenvalue weighted by molar-refractivity contribution is 5.10. The molecule has 2 heteroatoms. The molecule has 2 aliphatic carbocycles. The summed E-state index contributed by atoms with van der Waals surface area (Å²) in [6.07, 6.45) is 5.51. The minimum Gasteiger partial charge on any atom is -0.381 e. The summed E-state index contributed by atoms with van der Waals surface area (Å²) in [7, 11) is 1.80. The molecule has 2 aliphatic rings. The Kier molecular flexibility index (Phi) is 1.29. The molecule has 0 radical (unpaired) electrons. The highest BCUT2D eigenvalue weighted by Crippen LogP contribution is 2.56. The van der Waals surface area contributed by atoms with E-state index < -0.39 is 0 Å². The van der Waals surface area contributed by atoms with Crippen molar-refractivity contribution in [1.29, 1.82) is 0 Å². The van der Waals surface area contributed by atoms with Crippen molar-refractivity contribution in [2.75, 3.05) is 7.11 Å². The van der Waals surface area contributed by atoms with Crippen LogP contribution in [0.15, 0.2) is 0 Å². The number of rotatable bonds is 1. The molecular formula is C8H15NO. The highest BCUT2D eigenvalue weighted by Gasteiger charge is 2.56. The van der Waals surface area contributed by atoms with Gasteiger partial charge in [-0.15, -0.1) is 0 Å². The zero-order chi connectivity index (χ0) is 7.19. The van der Waals surface area contributed by atoms with Crippen LogP contribution in [0.1, 0.15) is 25.7 Å². The smallest absolute Gasteiger partial charge is 0.0657 e. The quantitative estimate of drug-likeness (QED) is 0.589. The van der Waals surface area contributed by atoms with Crippen LogP contribution in [-0.4, -0.2) is 19.3 Å². The maximum atomic E-state index is 5.90. The monoisotopic (exact) mass is 141 g/mol. The number of nitrogens with two attached hydrogens (primary N) is 1. The van der Waals surface area contributed by atoms with Crippen molar-refractivity contribution in [3.63, 3.8) is 0 Å². The Morgan fingerprint density at radius 3 is 2.40 bits per heavy atom. The molecule has 0 saturated heterocycles. The molecule has 2 saturated carbocycles. The SMILES string of the molecule is COC1CC(N)C12CCC2. The lowest BCUT2D eigenvalue weighted by Crippen LogP contribution is -2.65. The Labute approximate surface area is 61.7 Å². The van der Waals surface area contributed by atoms with E-state index in [0.29, 0.717) is 17.6 Å². The normalized spacial score (nSPS) is 42.6. The van der Waals surface area contributed by atoms with Crippen LogP contribution in [0.3, 0.4) is 0 Å². The Hall–Kier alpha value is -0.0800. The first-order valence-corrected chi connectivity index (χ1v) is 4.08. The molecule has 0 bridgehead atoms. The summed E-state index contributed by atoms with van der Waals surface area (Å²) in [4.78, 5) is 0. The molecule has 0 aromatic heterocycles. The Balaban J connectivity index is 2.03. The van der Waals surface area contributed by atoms with Crippen LogP contribution in [0.25, 0.3) is 0 Å². The number of ether oxygens (including phenoxy) is 1. The van der Waals surface area contributed by atoms with Gasteiger partial charge in [-0.3, -0.25) is 0 Å². The second-order valence-electron chi connectivity index (χ2n) is 3.65. The maximum absolute atomic E-state index is 5.90. The third-order valence-corrected chi connectivity index (χ3v) is 3.42. The third kappa shape index (κ3) is 0.565. The van der Waals surface area contributed by atoms with Crippen molar-refractivity contribution in [2.24, 2.45) is 11.1 Å². The first kappa shape index (κ1) is 6.62. The number of methoxy groups -OCH3 is 1. The summed E-state index contributed by atoms with van der Waals surface area (Å²) in [5.74, 6) is 0. The highest BCUT2D eigenvalue weighted by atomic mass is 16.5. The van der Waals surface area contributed by atoms with E-state index >= 15 is 0 Å². The summed E-state index contributed by atoms with van der Waals surface area (Å²) in [5.41, 5.74) is 6.33. The molecule has 2 nitrogen and oxygen atoms in total. The fraction of sp³-hybridized carbons (Fsp3) is 1.00. The average Bonchev–Trinajstić information content (AvgIpc) is 1.78. The Bertz CT molecular complexity index is 142. The molecule has 58 valence electrons. The second kappa shape index (κ2) is 1.95. The van der Waals surface area contributed by atoms with Gasteiger partial charge in [0.25, 0.3) is 0 Å². The van der Waals surface area contributed by atoms with Crippen LogP contribution < -0.4 is 5.73 Å². The van der Waals surface area contributed by atoms with Crippen LogP contribution in [0.2, 0.25) is 0 Å². The third-order valence-electron chi connectivity index (χ3n) is 3.42. The van der Waals surface area contributed by atoms with Crippen molar-refractivity contribution < 1.29 is 4.74 Å². The van der Waals surface area contributed by atoms with Crippen molar-refractivity contribution in [2.45, 2.75) is 37.8 Å². The minimum atomic E-state index is 0.425. The molecule has 2 N–H and O–H groups in total. The van der Waals surface area contributed by atoms with Gasteiger partial charge in [-0.2, -0.15) is 0 Å². The number of hydrogen-bond donors (Lipinski definition) is 1. The first-order chi connectivity index (χ1) is 4.79. The molecule has 2 rings (SSSR count). The van der Waals surface area contributed by atoms with Crippen LogP contribution in [-0.2, 0) is 4.74 Å². The molecule has 1 spiro atoms. The molecule has 0 aliphatic heterocycles. The van der Waals surface area contributed by atoms with Crippen molar-refractivity contribution in [3.05, 3.63) is 0 Å². The maximum Gasteiger partial charge on any atom is 0.0657 e. The molecule has 0 heterocycles. The fourth-order valence-electron chi connectivity index (χ4n) is 2.39. The van der Waals surface area contributed by atoms with Gasteiger partial charge in [-0.05, 0) is 19.3 Å². The molecule has 0 aromatic carbocycles. The molecule has 2 atom stereocenters. The second-order valence-corrected chi connectivity index (χ2v) is 3.65. The lowest BCUT2D eigenvalue weighted by molar-refractivity contribution is -0.151. The van der Waals surface area contributed by atoms with Gasteiger partial charge in [0.1, 0.15) is 0 Å². The molecule has 2 unspecified atom stereocenters. The Morgan fingerprint density at radius 1 is 1.50 bits per heavy atom. The van der Waals surface area contributed by atoms with Crippen LogP contribution >= 0.6 is 0 Å². The van der Waals surface area contributed by atoms with Gasteiger partial charge in [-0.25, -0.2) is 0 Å². The lowest BCUT2D eigenvalue weighted by Gasteiger charge is -2.59. The molecule has 0 amide bonds. The molecule has 0 aromatic rings.